The van der Waals surface area contributed by atoms with Crippen molar-refractivity contribution in [3.63, 3.8) is 0 Å². The highest BCUT2D eigenvalue weighted by atomic mass is 16.2. The minimum atomic E-state index is 0.0257. The minimum Gasteiger partial charge on any atom is -0.331 e. The largest absolute Gasteiger partial charge is 0.331 e. The number of pyridine rings is 1. The number of hydrogen-bond acceptors (Lipinski definition) is 2. The lowest BCUT2D eigenvalue weighted by atomic mass is 10.0. The summed E-state index contributed by atoms with van der Waals surface area (Å²) in [7, 11) is 0. The number of carbonyl (C=O) groups is 1. The van der Waals surface area contributed by atoms with Crippen molar-refractivity contribution >= 4 is 6.03 Å². The Bertz CT molecular complexity index is 393. The molecule has 2 amide bonds. The van der Waals surface area contributed by atoms with Crippen molar-refractivity contribution in [2.45, 2.75) is 32.7 Å². The Kier molecular flexibility index (Phi) is 4.18. The van der Waals surface area contributed by atoms with E-state index in [2.05, 4.69) is 17.2 Å². The molecule has 0 aliphatic carbocycles. The molecule has 0 radical (unpaired) electrons. The van der Waals surface area contributed by atoms with Gasteiger partial charge in [0.2, 0.25) is 0 Å². The molecule has 4 heteroatoms. The second-order valence-corrected chi connectivity index (χ2v) is 5.15. The Morgan fingerprint density at radius 3 is 2.89 bits per heavy atom. The van der Waals surface area contributed by atoms with E-state index in [1.54, 1.807) is 12.4 Å². The lowest BCUT2D eigenvalue weighted by Gasteiger charge is -2.32. The number of hydrogen-bond donors (Lipinski definition) is 1. The lowest BCUT2D eigenvalue weighted by molar-refractivity contribution is 0.167. The van der Waals surface area contributed by atoms with Gasteiger partial charge < -0.3 is 10.2 Å². The highest BCUT2D eigenvalue weighted by molar-refractivity contribution is 5.74. The van der Waals surface area contributed by atoms with Gasteiger partial charge >= 0.3 is 6.03 Å². The van der Waals surface area contributed by atoms with E-state index in [9.17, 15) is 4.79 Å². The molecule has 98 valence electrons. The van der Waals surface area contributed by atoms with Gasteiger partial charge in [0, 0.05) is 25.5 Å². The van der Waals surface area contributed by atoms with E-state index >= 15 is 0 Å². The summed E-state index contributed by atoms with van der Waals surface area (Å²) in [5.41, 5.74) is 1.09. The topological polar surface area (TPSA) is 45.2 Å². The summed E-state index contributed by atoms with van der Waals surface area (Å²) >= 11 is 0. The first-order valence-corrected chi connectivity index (χ1v) is 6.62. The van der Waals surface area contributed by atoms with Gasteiger partial charge in [-0.3, -0.25) is 4.98 Å². The van der Waals surface area contributed by atoms with Crippen LogP contribution in [0.4, 0.5) is 4.79 Å². The van der Waals surface area contributed by atoms with E-state index < -0.39 is 0 Å². The number of nitrogens with one attached hydrogen (secondary N) is 1. The zero-order valence-electron chi connectivity index (χ0n) is 11.1. The number of amides is 2. The molecule has 1 aromatic rings. The summed E-state index contributed by atoms with van der Waals surface area (Å²) in [5.74, 6) is 0.612. The van der Waals surface area contributed by atoms with Crippen molar-refractivity contribution in [1.29, 1.82) is 0 Å². The number of likely N-dealkylation sites (tertiary alicyclic amines) is 1. The van der Waals surface area contributed by atoms with E-state index in [0.29, 0.717) is 5.92 Å². The highest BCUT2D eigenvalue weighted by Gasteiger charge is 2.21. The summed E-state index contributed by atoms with van der Waals surface area (Å²) in [6.07, 6.45) is 5.84. The standard InChI is InChI=1S/C14H21N3O/c1-11-4-3-9-17(10-11)14(18)16-12(2)13-5-7-15-8-6-13/h5-8,11-12H,3-4,9-10H2,1-2H3,(H,16,18). The number of nitrogens with zero attached hydrogens (tertiary/aromatic N) is 2. The fourth-order valence-electron chi connectivity index (χ4n) is 2.39. The molecule has 2 unspecified atom stereocenters. The van der Waals surface area contributed by atoms with E-state index in [0.717, 1.165) is 25.1 Å². The first-order valence-electron chi connectivity index (χ1n) is 6.62. The van der Waals surface area contributed by atoms with E-state index in [1.165, 1.54) is 6.42 Å². The molecule has 1 aliphatic rings. The minimum absolute atomic E-state index is 0.0257. The van der Waals surface area contributed by atoms with Crippen molar-refractivity contribution in [2.75, 3.05) is 13.1 Å². The van der Waals surface area contributed by atoms with Crippen LogP contribution in [0, 0.1) is 5.92 Å². The average molecular weight is 247 g/mol. The van der Waals surface area contributed by atoms with Crippen LogP contribution in [0.15, 0.2) is 24.5 Å². The Labute approximate surface area is 108 Å². The van der Waals surface area contributed by atoms with Gasteiger partial charge in [0.05, 0.1) is 6.04 Å². The van der Waals surface area contributed by atoms with Crippen molar-refractivity contribution in [1.82, 2.24) is 15.2 Å². The molecule has 1 aromatic heterocycles. The second-order valence-electron chi connectivity index (χ2n) is 5.15. The van der Waals surface area contributed by atoms with Gasteiger partial charge in [-0.1, -0.05) is 6.92 Å². The highest BCUT2D eigenvalue weighted by Crippen LogP contribution is 2.17. The quantitative estimate of drug-likeness (QED) is 0.873. The molecule has 1 aliphatic heterocycles. The summed E-state index contributed by atoms with van der Waals surface area (Å²) in [6.45, 7) is 5.94. The molecule has 0 spiro atoms. The SMILES string of the molecule is CC1CCCN(C(=O)NC(C)c2ccncc2)C1. The van der Waals surface area contributed by atoms with E-state index in [-0.39, 0.29) is 12.1 Å². The smallest absolute Gasteiger partial charge is 0.317 e. The van der Waals surface area contributed by atoms with Gasteiger partial charge in [0.25, 0.3) is 0 Å². The van der Waals surface area contributed by atoms with Gasteiger partial charge in [-0.15, -0.1) is 0 Å². The Morgan fingerprint density at radius 1 is 1.50 bits per heavy atom. The van der Waals surface area contributed by atoms with E-state index in [4.69, 9.17) is 0 Å². The van der Waals surface area contributed by atoms with Crippen molar-refractivity contribution in [2.24, 2.45) is 5.92 Å². The van der Waals surface area contributed by atoms with Gasteiger partial charge in [0.15, 0.2) is 0 Å². The van der Waals surface area contributed by atoms with Crippen LogP contribution >= 0.6 is 0 Å². The maximum Gasteiger partial charge on any atom is 0.317 e. The number of urea groups is 1. The predicted molar refractivity (Wildman–Crippen MR) is 71.2 cm³/mol. The molecule has 0 saturated carbocycles. The molecule has 0 aromatic carbocycles. The number of rotatable bonds is 2. The molecular weight excluding hydrogens is 226 g/mol. The van der Waals surface area contributed by atoms with Crippen molar-refractivity contribution in [3.05, 3.63) is 30.1 Å². The monoisotopic (exact) mass is 247 g/mol. The third-order valence-electron chi connectivity index (χ3n) is 3.49. The Morgan fingerprint density at radius 2 is 2.22 bits per heavy atom. The Balaban J connectivity index is 1.91. The first kappa shape index (κ1) is 12.9. The molecule has 2 rings (SSSR count). The summed E-state index contributed by atoms with van der Waals surface area (Å²) in [6, 6.07) is 3.94. The normalized spacial score (nSPS) is 21.4. The van der Waals surface area contributed by atoms with Gasteiger partial charge in [-0.2, -0.15) is 0 Å². The van der Waals surface area contributed by atoms with E-state index in [1.807, 2.05) is 24.0 Å². The number of aromatic nitrogens is 1. The molecule has 2 atom stereocenters. The van der Waals surface area contributed by atoms with Crippen molar-refractivity contribution in [3.8, 4) is 0 Å². The van der Waals surface area contributed by atoms with Gasteiger partial charge in [-0.05, 0) is 43.4 Å². The maximum absolute atomic E-state index is 12.1. The molecule has 2 heterocycles. The second kappa shape index (κ2) is 5.85. The van der Waals surface area contributed by atoms with Crippen molar-refractivity contribution < 1.29 is 4.79 Å². The number of carbonyl (C=O) groups excluding carboxylic acids is 1. The lowest BCUT2D eigenvalue weighted by Crippen LogP contribution is -2.45. The van der Waals surface area contributed by atoms with Gasteiger partial charge in [-0.25, -0.2) is 4.79 Å². The molecule has 1 fully saturated rings. The van der Waals surface area contributed by atoms with Crippen LogP contribution in [0.5, 0.6) is 0 Å². The molecule has 18 heavy (non-hydrogen) atoms. The fraction of sp³-hybridized carbons (Fsp3) is 0.571. The van der Waals surface area contributed by atoms with Crippen LogP contribution in [0.2, 0.25) is 0 Å². The Hall–Kier alpha value is -1.58. The van der Waals surface area contributed by atoms with Crippen LogP contribution < -0.4 is 5.32 Å². The summed E-state index contributed by atoms with van der Waals surface area (Å²) in [4.78, 5) is 18.0. The molecule has 1 saturated heterocycles. The molecule has 1 N–H and O–H groups in total. The molecular formula is C14H21N3O. The predicted octanol–water partition coefficient (Wildman–Crippen LogP) is 2.58. The van der Waals surface area contributed by atoms with Crippen LogP contribution in [-0.4, -0.2) is 29.0 Å². The van der Waals surface area contributed by atoms with Gasteiger partial charge in [0.1, 0.15) is 0 Å². The number of piperidine rings is 1. The fourth-order valence-corrected chi connectivity index (χ4v) is 2.39. The molecule has 4 nitrogen and oxygen atoms in total. The van der Waals surface area contributed by atoms with Crippen LogP contribution in [-0.2, 0) is 0 Å². The third kappa shape index (κ3) is 3.22. The molecule has 0 bridgehead atoms. The zero-order chi connectivity index (χ0) is 13.0. The van der Waals surface area contributed by atoms with Crippen LogP contribution in [0.3, 0.4) is 0 Å². The maximum atomic E-state index is 12.1. The van der Waals surface area contributed by atoms with Crippen LogP contribution in [0.1, 0.15) is 38.3 Å². The first-order chi connectivity index (χ1) is 8.66. The summed E-state index contributed by atoms with van der Waals surface area (Å²) in [5, 5.41) is 3.05. The summed E-state index contributed by atoms with van der Waals surface area (Å²) < 4.78 is 0. The van der Waals surface area contributed by atoms with Crippen LogP contribution in [0.25, 0.3) is 0 Å². The average Bonchev–Trinajstić information content (AvgIpc) is 2.39. The zero-order valence-corrected chi connectivity index (χ0v) is 11.1. The third-order valence-corrected chi connectivity index (χ3v) is 3.49.